The molecule has 6 nitrogen and oxygen atoms in total. The Morgan fingerprint density at radius 1 is 1.56 bits per heavy atom. The number of rotatable bonds is 2. The van der Waals surface area contributed by atoms with Gasteiger partial charge in [0.15, 0.2) is 5.82 Å². The zero-order valence-electron chi connectivity index (χ0n) is 8.47. The summed E-state index contributed by atoms with van der Waals surface area (Å²) in [6.45, 7) is 0. The summed E-state index contributed by atoms with van der Waals surface area (Å²) in [6, 6.07) is 3.46. The molecule has 0 aliphatic carbocycles. The summed E-state index contributed by atoms with van der Waals surface area (Å²) in [5.41, 5.74) is 0.340. The Bertz CT molecular complexity index is 553. The van der Waals surface area contributed by atoms with Crippen LogP contribution in [0, 0.1) is 4.64 Å². The molecule has 0 radical (unpaired) electrons. The summed E-state index contributed by atoms with van der Waals surface area (Å²) in [4.78, 5) is 15.2. The van der Waals surface area contributed by atoms with Crippen molar-refractivity contribution in [2.24, 2.45) is 0 Å². The highest BCUT2D eigenvalue weighted by atomic mass is 32.1. The number of H-pyrrole nitrogens is 1. The van der Waals surface area contributed by atoms with Gasteiger partial charge in [-0.2, -0.15) is 5.10 Å². The van der Waals surface area contributed by atoms with Crippen molar-refractivity contribution >= 4 is 18.1 Å². The van der Waals surface area contributed by atoms with E-state index in [2.05, 4.69) is 20.5 Å². The molecule has 0 aliphatic rings. The number of carbonyl (C=O) groups is 1. The zero-order chi connectivity index (χ0) is 11.5. The fourth-order valence-electron chi connectivity index (χ4n) is 1.17. The molecule has 0 bridgehead atoms. The van der Waals surface area contributed by atoms with Crippen LogP contribution in [0.3, 0.4) is 0 Å². The summed E-state index contributed by atoms with van der Waals surface area (Å²) in [7, 11) is 1.55. The fraction of sp³-hybridized carbons (Fsp3) is 0.111. The van der Waals surface area contributed by atoms with Gasteiger partial charge in [-0.15, -0.1) is 0 Å². The molecule has 16 heavy (non-hydrogen) atoms. The van der Waals surface area contributed by atoms with Gasteiger partial charge in [0.2, 0.25) is 0 Å². The van der Waals surface area contributed by atoms with Gasteiger partial charge in [0, 0.05) is 13.2 Å². The van der Waals surface area contributed by atoms with Gasteiger partial charge in [-0.1, -0.05) is 12.2 Å². The normalized spacial score (nSPS) is 10.1. The Morgan fingerprint density at radius 3 is 3.00 bits per heavy atom. The van der Waals surface area contributed by atoms with Crippen LogP contribution in [0.4, 0.5) is 0 Å². The van der Waals surface area contributed by atoms with Gasteiger partial charge in [-0.25, -0.2) is 4.98 Å². The molecule has 0 aliphatic heterocycles. The van der Waals surface area contributed by atoms with E-state index in [1.165, 1.54) is 6.33 Å². The van der Waals surface area contributed by atoms with Crippen molar-refractivity contribution < 1.29 is 4.79 Å². The number of aromatic nitrogens is 4. The molecular weight excluding hydrogens is 226 g/mol. The van der Waals surface area contributed by atoms with Gasteiger partial charge in [0.25, 0.3) is 5.91 Å². The maximum absolute atomic E-state index is 11.3. The molecule has 0 atom stereocenters. The van der Waals surface area contributed by atoms with E-state index in [4.69, 9.17) is 12.2 Å². The molecule has 2 rings (SSSR count). The molecule has 1 amide bonds. The largest absolute Gasteiger partial charge is 0.354 e. The van der Waals surface area contributed by atoms with Gasteiger partial charge in [0.05, 0.1) is 0 Å². The first kappa shape index (κ1) is 10.5. The van der Waals surface area contributed by atoms with E-state index in [0.29, 0.717) is 16.2 Å². The van der Waals surface area contributed by atoms with Crippen molar-refractivity contribution in [2.45, 2.75) is 0 Å². The van der Waals surface area contributed by atoms with Crippen LogP contribution in [0.1, 0.15) is 10.5 Å². The van der Waals surface area contributed by atoms with E-state index in [0.717, 1.165) is 0 Å². The number of hydrogen-bond donors (Lipinski definition) is 2. The van der Waals surface area contributed by atoms with Crippen molar-refractivity contribution in [1.82, 2.24) is 25.1 Å². The van der Waals surface area contributed by atoms with E-state index in [1.54, 1.807) is 29.9 Å². The number of carbonyl (C=O) groups excluding carboxylic acids is 1. The highest BCUT2D eigenvalue weighted by Gasteiger charge is 2.07. The molecule has 0 unspecified atom stereocenters. The molecule has 2 N–H and O–H groups in total. The standard InChI is InChI=1S/C9H9N5OS/c1-10-9(15)6-4-14(5-11-6)7-2-3-8(16)13-12-7/h2-5H,1H3,(H,10,15)(H,13,16). The van der Waals surface area contributed by atoms with Crippen molar-refractivity contribution in [3.05, 3.63) is 35.0 Å². The molecule has 2 aromatic heterocycles. The van der Waals surface area contributed by atoms with E-state index in [-0.39, 0.29) is 5.91 Å². The lowest BCUT2D eigenvalue weighted by molar-refractivity contribution is 0.0958. The van der Waals surface area contributed by atoms with Crippen molar-refractivity contribution in [1.29, 1.82) is 0 Å². The molecule has 7 heteroatoms. The Kier molecular flexibility index (Phi) is 2.78. The topological polar surface area (TPSA) is 75.6 Å². The van der Waals surface area contributed by atoms with Crippen LogP contribution in [0.5, 0.6) is 0 Å². The maximum atomic E-state index is 11.3. The molecule has 0 aromatic carbocycles. The minimum Gasteiger partial charge on any atom is -0.354 e. The Morgan fingerprint density at radius 2 is 2.38 bits per heavy atom. The number of nitrogens with zero attached hydrogens (tertiary/aromatic N) is 3. The lowest BCUT2D eigenvalue weighted by Crippen LogP contribution is -2.18. The average molecular weight is 235 g/mol. The highest BCUT2D eigenvalue weighted by molar-refractivity contribution is 7.71. The quantitative estimate of drug-likeness (QED) is 0.751. The number of nitrogens with one attached hydrogen (secondary N) is 2. The van der Waals surface area contributed by atoms with Crippen LogP contribution in [0.25, 0.3) is 5.82 Å². The Balaban J connectivity index is 2.35. The Labute approximate surface area is 96.3 Å². The third-order valence-corrected chi connectivity index (χ3v) is 2.20. The molecule has 0 saturated heterocycles. The van der Waals surface area contributed by atoms with Gasteiger partial charge in [-0.05, 0) is 12.1 Å². The van der Waals surface area contributed by atoms with Crippen molar-refractivity contribution in [3.63, 3.8) is 0 Å². The number of amides is 1. The van der Waals surface area contributed by atoms with Crippen molar-refractivity contribution in [3.8, 4) is 5.82 Å². The second-order valence-corrected chi connectivity index (χ2v) is 3.46. The fourth-order valence-corrected chi connectivity index (χ4v) is 1.29. The zero-order valence-corrected chi connectivity index (χ0v) is 9.28. The minimum atomic E-state index is -0.234. The smallest absolute Gasteiger partial charge is 0.271 e. The van der Waals surface area contributed by atoms with E-state index >= 15 is 0 Å². The second kappa shape index (κ2) is 4.23. The van der Waals surface area contributed by atoms with Gasteiger partial charge < -0.3 is 5.32 Å². The van der Waals surface area contributed by atoms with Crippen LogP contribution in [-0.2, 0) is 0 Å². The monoisotopic (exact) mass is 235 g/mol. The predicted octanol–water partition coefficient (Wildman–Crippen LogP) is 0.684. The summed E-state index contributed by atoms with van der Waals surface area (Å²) >= 11 is 4.88. The van der Waals surface area contributed by atoms with Crippen LogP contribution >= 0.6 is 12.2 Å². The summed E-state index contributed by atoms with van der Waals surface area (Å²) in [5.74, 6) is 0.388. The number of hydrogen-bond acceptors (Lipinski definition) is 4. The van der Waals surface area contributed by atoms with Crippen LogP contribution in [0.2, 0.25) is 0 Å². The first-order valence-corrected chi connectivity index (χ1v) is 4.93. The predicted molar refractivity (Wildman–Crippen MR) is 59.9 cm³/mol. The minimum absolute atomic E-state index is 0.234. The molecule has 2 aromatic rings. The van der Waals surface area contributed by atoms with E-state index < -0.39 is 0 Å². The lowest BCUT2D eigenvalue weighted by Gasteiger charge is -1.98. The van der Waals surface area contributed by atoms with E-state index in [1.807, 2.05) is 0 Å². The number of imidazole rings is 1. The Hall–Kier alpha value is -2.02. The first-order valence-electron chi connectivity index (χ1n) is 4.53. The first-order chi connectivity index (χ1) is 7.70. The second-order valence-electron chi connectivity index (χ2n) is 3.02. The summed E-state index contributed by atoms with van der Waals surface area (Å²) in [5, 5.41) is 9.17. The molecule has 0 spiro atoms. The molecular formula is C9H9N5OS. The third kappa shape index (κ3) is 1.98. The van der Waals surface area contributed by atoms with Crippen LogP contribution in [-0.4, -0.2) is 32.7 Å². The van der Waals surface area contributed by atoms with Gasteiger partial charge in [-0.3, -0.25) is 14.5 Å². The SMILES string of the molecule is CNC(=O)c1cn(-c2ccc(=S)[nH]n2)cn1. The maximum Gasteiger partial charge on any atom is 0.271 e. The van der Waals surface area contributed by atoms with Gasteiger partial charge >= 0.3 is 0 Å². The van der Waals surface area contributed by atoms with Crippen LogP contribution in [0.15, 0.2) is 24.7 Å². The van der Waals surface area contributed by atoms with E-state index in [9.17, 15) is 4.79 Å². The number of aromatic amines is 1. The van der Waals surface area contributed by atoms with Crippen molar-refractivity contribution in [2.75, 3.05) is 7.05 Å². The summed E-state index contributed by atoms with van der Waals surface area (Å²) in [6.07, 6.45) is 3.11. The molecule has 0 fully saturated rings. The van der Waals surface area contributed by atoms with Gasteiger partial charge in [0.1, 0.15) is 16.7 Å². The molecule has 2 heterocycles. The summed E-state index contributed by atoms with van der Waals surface area (Å²) < 4.78 is 2.19. The third-order valence-electron chi connectivity index (χ3n) is 1.97. The molecule has 0 saturated carbocycles. The average Bonchev–Trinajstić information content (AvgIpc) is 2.78. The molecule has 82 valence electrons. The highest BCUT2D eigenvalue weighted by Crippen LogP contribution is 2.04. The lowest BCUT2D eigenvalue weighted by atomic mass is 10.4. The van der Waals surface area contributed by atoms with Crippen LogP contribution < -0.4 is 5.32 Å².